The number of hydrogen-bond acceptors (Lipinski definition) is 6. The topological polar surface area (TPSA) is 82.5 Å². The van der Waals surface area contributed by atoms with Gasteiger partial charge in [0.2, 0.25) is 5.91 Å². The molecule has 0 aliphatic carbocycles. The lowest BCUT2D eigenvalue weighted by molar-refractivity contribution is -0.116. The van der Waals surface area contributed by atoms with Gasteiger partial charge in [-0.2, -0.15) is 0 Å². The zero-order chi connectivity index (χ0) is 20.8. The van der Waals surface area contributed by atoms with Gasteiger partial charge in [0.1, 0.15) is 6.61 Å². The zero-order valence-electron chi connectivity index (χ0n) is 16.6. The van der Waals surface area contributed by atoms with Crippen LogP contribution in [-0.2, 0) is 17.9 Å². The number of thiazole rings is 1. The Balaban J connectivity index is 1.64. The average Bonchev–Trinajstić information content (AvgIpc) is 2.97. The third-order valence-electron chi connectivity index (χ3n) is 4.53. The van der Waals surface area contributed by atoms with Gasteiger partial charge in [-0.15, -0.1) is 0 Å². The van der Waals surface area contributed by atoms with Crippen LogP contribution in [0.5, 0.6) is 11.5 Å². The van der Waals surface area contributed by atoms with Crippen LogP contribution in [0, 0.1) is 13.8 Å². The highest BCUT2D eigenvalue weighted by atomic mass is 32.1. The molecule has 0 spiro atoms. The minimum Gasteiger partial charge on any atom is -0.493 e. The van der Waals surface area contributed by atoms with Crippen molar-refractivity contribution in [1.82, 2.24) is 9.55 Å². The van der Waals surface area contributed by atoms with E-state index in [4.69, 9.17) is 9.47 Å². The molecule has 2 aromatic heterocycles. The molecule has 8 heteroatoms. The van der Waals surface area contributed by atoms with E-state index in [1.807, 2.05) is 26.0 Å². The molecule has 0 radical (unpaired) electrons. The molecule has 0 saturated heterocycles. The lowest BCUT2D eigenvalue weighted by Gasteiger charge is -2.13. The SMILES string of the molecule is COc1ccc(NC(=O)CCn2c(C)c(C)sc2=O)cc1OCc1ccncc1. The van der Waals surface area contributed by atoms with Crippen molar-refractivity contribution in [3.63, 3.8) is 0 Å². The fraction of sp³-hybridized carbons (Fsp3) is 0.286. The van der Waals surface area contributed by atoms with Crippen LogP contribution in [0.3, 0.4) is 0 Å². The molecule has 29 heavy (non-hydrogen) atoms. The van der Waals surface area contributed by atoms with E-state index < -0.39 is 0 Å². The van der Waals surface area contributed by atoms with E-state index in [-0.39, 0.29) is 17.2 Å². The highest BCUT2D eigenvalue weighted by molar-refractivity contribution is 7.09. The second-order valence-corrected chi connectivity index (χ2v) is 7.63. The number of rotatable bonds is 8. The molecule has 3 rings (SSSR count). The first-order valence-corrected chi connectivity index (χ1v) is 9.96. The number of benzene rings is 1. The molecule has 152 valence electrons. The molecule has 0 aliphatic rings. The molecule has 1 N–H and O–H groups in total. The Morgan fingerprint density at radius 1 is 1.17 bits per heavy atom. The first-order valence-electron chi connectivity index (χ1n) is 9.14. The number of hydrogen-bond donors (Lipinski definition) is 1. The number of aromatic nitrogens is 2. The number of pyridine rings is 1. The van der Waals surface area contributed by atoms with Gasteiger partial charge in [0, 0.05) is 47.7 Å². The number of ether oxygens (including phenoxy) is 2. The van der Waals surface area contributed by atoms with Gasteiger partial charge in [-0.05, 0) is 43.7 Å². The molecule has 1 amide bonds. The highest BCUT2D eigenvalue weighted by Crippen LogP contribution is 2.31. The van der Waals surface area contributed by atoms with Crippen LogP contribution in [-0.4, -0.2) is 22.6 Å². The third kappa shape index (κ3) is 5.23. The molecule has 7 nitrogen and oxygen atoms in total. The Hall–Kier alpha value is -3.13. The molecule has 0 saturated carbocycles. The van der Waals surface area contributed by atoms with Crippen LogP contribution >= 0.6 is 11.3 Å². The molecule has 3 aromatic rings. The van der Waals surface area contributed by atoms with Gasteiger partial charge in [-0.1, -0.05) is 11.3 Å². The highest BCUT2D eigenvalue weighted by Gasteiger charge is 2.11. The molecule has 0 bridgehead atoms. The summed E-state index contributed by atoms with van der Waals surface area (Å²) in [7, 11) is 1.57. The minimum absolute atomic E-state index is 0.0379. The monoisotopic (exact) mass is 413 g/mol. The largest absolute Gasteiger partial charge is 0.493 e. The fourth-order valence-corrected chi connectivity index (χ4v) is 3.65. The van der Waals surface area contributed by atoms with Crippen LogP contribution in [0.15, 0.2) is 47.5 Å². The van der Waals surface area contributed by atoms with Crippen molar-refractivity contribution in [1.29, 1.82) is 0 Å². The van der Waals surface area contributed by atoms with E-state index in [0.29, 0.717) is 30.3 Å². The van der Waals surface area contributed by atoms with Crippen molar-refractivity contribution in [2.24, 2.45) is 0 Å². The molecule has 1 aromatic carbocycles. The second-order valence-electron chi connectivity index (χ2n) is 6.47. The van der Waals surface area contributed by atoms with E-state index in [1.165, 1.54) is 11.3 Å². The molecule has 0 atom stereocenters. The summed E-state index contributed by atoms with van der Waals surface area (Å²) in [6, 6.07) is 8.96. The zero-order valence-corrected chi connectivity index (χ0v) is 17.4. The molecule has 0 fully saturated rings. The maximum absolute atomic E-state index is 12.4. The summed E-state index contributed by atoms with van der Waals surface area (Å²) in [4.78, 5) is 29.2. The number of carbonyl (C=O) groups is 1. The van der Waals surface area contributed by atoms with Crippen molar-refractivity contribution in [2.75, 3.05) is 12.4 Å². The lowest BCUT2D eigenvalue weighted by Crippen LogP contribution is -2.20. The first kappa shape index (κ1) is 20.6. The summed E-state index contributed by atoms with van der Waals surface area (Å²) in [5.41, 5.74) is 2.48. The Morgan fingerprint density at radius 2 is 1.93 bits per heavy atom. The van der Waals surface area contributed by atoms with Gasteiger partial charge in [-0.3, -0.25) is 14.6 Å². The van der Waals surface area contributed by atoms with Crippen LogP contribution in [0.4, 0.5) is 5.69 Å². The quantitative estimate of drug-likeness (QED) is 0.611. The number of aryl methyl sites for hydroxylation is 1. The number of carbonyl (C=O) groups excluding carboxylic acids is 1. The van der Waals surface area contributed by atoms with E-state index in [1.54, 1.807) is 42.3 Å². The summed E-state index contributed by atoms with van der Waals surface area (Å²) in [5, 5.41) is 2.85. The Morgan fingerprint density at radius 3 is 2.59 bits per heavy atom. The van der Waals surface area contributed by atoms with Gasteiger partial charge in [0.05, 0.1) is 7.11 Å². The predicted molar refractivity (Wildman–Crippen MR) is 113 cm³/mol. The van der Waals surface area contributed by atoms with Gasteiger partial charge in [-0.25, -0.2) is 0 Å². The third-order valence-corrected chi connectivity index (χ3v) is 5.53. The molecule has 0 unspecified atom stereocenters. The van der Waals surface area contributed by atoms with E-state index in [9.17, 15) is 9.59 Å². The summed E-state index contributed by atoms with van der Waals surface area (Å²) in [6.45, 7) is 4.50. The minimum atomic E-state index is -0.176. The van der Waals surface area contributed by atoms with E-state index >= 15 is 0 Å². The molecular formula is C21H23N3O4S. The van der Waals surface area contributed by atoms with Crippen molar-refractivity contribution in [3.8, 4) is 11.5 Å². The van der Waals surface area contributed by atoms with Crippen LogP contribution in [0.1, 0.15) is 22.6 Å². The number of methoxy groups -OCH3 is 1. The normalized spacial score (nSPS) is 10.6. The standard InChI is InChI=1S/C21H23N3O4S/c1-14-15(2)29-21(26)24(14)11-8-20(25)23-17-4-5-18(27-3)19(12-17)28-13-16-6-9-22-10-7-16/h4-7,9-10,12H,8,11,13H2,1-3H3,(H,23,25). The number of amides is 1. The predicted octanol–water partition coefficient (Wildman–Crippen LogP) is 3.54. The average molecular weight is 413 g/mol. The molecular weight excluding hydrogens is 390 g/mol. The molecule has 0 aliphatic heterocycles. The fourth-order valence-electron chi connectivity index (χ4n) is 2.79. The Kier molecular flexibility index (Phi) is 6.66. The van der Waals surface area contributed by atoms with Crippen molar-refractivity contribution >= 4 is 22.9 Å². The summed E-state index contributed by atoms with van der Waals surface area (Å²) in [5.74, 6) is 0.931. The van der Waals surface area contributed by atoms with E-state index in [2.05, 4.69) is 10.3 Å². The Labute approximate surface area is 172 Å². The maximum Gasteiger partial charge on any atom is 0.307 e. The smallest absolute Gasteiger partial charge is 0.307 e. The number of anilines is 1. The van der Waals surface area contributed by atoms with Crippen LogP contribution in [0.25, 0.3) is 0 Å². The van der Waals surface area contributed by atoms with Gasteiger partial charge < -0.3 is 19.4 Å². The van der Waals surface area contributed by atoms with Gasteiger partial charge in [0.25, 0.3) is 0 Å². The summed E-state index contributed by atoms with van der Waals surface area (Å²) < 4.78 is 12.8. The van der Waals surface area contributed by atoms with Crippen LogP contribution in [0.2, 0.25) is 0 Å². The maximum atomic E-state index is 12.4. The van der Waals surface area contributed by atoms with E-state index in [0.717, 1.165) is 16.1 Å². The van der Waals surface area contributed by atoms with Crippen molar-refractivity contribution < 1.29 is 14.3 Å². The lowest BCUT2D eigenvalue weighted by atomic mass is 10.2. The first-order chi connectivity index (χ1) is 14.0. The second kappa shape index (κ2) is 9.38. The van der Waals surface area contributed by atoms with Gasteiger partial charge in [0.15, 0.2) is 11.5 Å². The van der Waals surface area contributed by atoms with Gasteiger partial charge >= 0.3 is 4.87 Å². The van der Waals surface area contributed by atoms with Crippen LogP contribution < -0.4 is 19.7 Å². The summed E-state index contributed by atoms with van der Waals surface area (Å²) >= 11 is 1.20. The summed E-state index contributed by atoms with van der Waals surface area (Å²) in [6.07, 6.45) is 3.61. The Bertz CT molecular complexity index is 1040. The molecule has 2 heterocycles. The van der Waals surface area contributed by atoms with Crippen molar-refractivity contribution in [3.05, 3.63) is 68.5 Å². The number of nitrogens with one attached hydrogen (secondary N) is 1. The number of nitrogens with zero attached hydrogens (tertiary/aromatic N) is 2. The van der Waals surface area contributed by atoms with Crippen molar-refractivity contribution in [2.45, 2.75) is 33.4 Å².